The molecular weight excluding hydrogens is 491 g/mol. The van der Waals surface area contributed by atoms with Gasteiger partial charge in [0.15, 0.2) is 18.1 Å². The van der Waals surface area contributed by atoms with Gasteiger partial charge in [-0.1, -0.05) is 0 Å². The molecule has 8 nitrogen and oxygen atoms in total. The van der Waals surface area contributed by atoms with E-state index in [0.717, 1.165) is 3.57 Å². The number of hydrogen-bond acceptors (Lipinski definition) is 7. The van der Waals surface area contributed by atoms with E-state index in [0.29, 0.717) is 28.4 Å². The lowest BCUT2D eigenvalue weighted by atomic mass is 10.2. The van der Waals surface area contributed by atoms with Gasteiger partial charge in [0.05, 0.1) is 30.6 Å². The van der Waals surface area contributed by atoms with Gasteiger partial charge < -0.3 is 18.9 Å². The molecule has 0 aliphatic carbocycles. The van der Waals surface area contributed by atoms with Gasteiger partial charge in [-0.05, 0) is 71.5 Å². The first-order valence-corrected chi connectivity index (χ1v) is 9.69. The average Bonchev–Trinajstić information content (AvgIpc) is 2.73. The second-order valence-corrected chi connectivity index (χ2v) is 6.71. The molecule has 0 aliphatic heterocycles. The number of esters is 1. The second kappa shape index (κ2) is 11.2. The van der Waals surface area contributed by atoms with Crippen molar-refractivity contribution in [3.05, 3.63) is 51.1 Å². The number of carbonyl (C=O) groups is 2. The number of carbonyl (C=O) groups excluding carboxylic acids is 2. The molecule has 2 aromatic rings. The average molecular weight is 512 g/mol. The van der Waals surface area contributed by atoms with Gasteiger partial charge in [0.1, 0.15) is 5.75 Å². The van der Waals surface area contributed by atoms with E-state index < -0.39 is 5.97 Å². The smallest absolute Gasteiger partial charge is 0.344 e. The maximum absolute atomic E-state index is 12.2. The van der Waals surface area contributed by atoms with Crippen molar-refractivity contribution >= 4 is 40.7 Å². The van der Waals surface area contributed by atoms with Crippen molar-refractivity contribution in [3.63, 3.8) is 0 Å². The van der Waals surface area contributed by atoms with Gasteiger partial charge in [-0.3, -0.25) is 4.79 Å². The lowest BCUT2D eigenvalue weighted by Crippen LogP contribution is -2.17. The zero-order valence-corrected chi connectivity index (χ0v) is 18.4. The molecule has 0 spiro atoms. The maximum Gasteiger partial charge on any atom is 0.344 e. The van der Waals surface area contributed by atoms with Crippen LogP contribution in [0.3, 0.4) is 0 Å². The Hall–Kier alpha value is -2.82. The first-order valence-electron chi connectivity index (χ1n) is 8.61. The lowest BCUT2D eigenvalue weighted by molar-refractivity contribution is -0.145. The van der Waals surface area contributed by atoms with Gasteiger partial charge in [-0.25, -0.2) is 10.2 Å². The molecule has 0 aliphatic rings. The zero-order chi connectivity index (χ0) is 21.2. The van der Waals surface area contributed by atoms with E-state index in [4.69, 9.17) is 18.9 Å². The molecule has 0 radical (unpaired) electrons. The predicted octanol–water partition coefficient (Wildman–Crippen LogP) is 3.01. The molecule has 0 bridgehead atoms. The number of nitrogens with zero attached hydrogens (tertiary/aromatic N) is 1. The van der Waals surface area contributed by atoms with Crippen molar-refractivity contribution in [2.75, 3.05) is 27.4 Å². The van der Waals surface area contributed by atoms with Crippen molar-refractivity contribution in [2.24, 2.45) is 5.10 Å². The highest BCUT2D eigenvalue weighted by atomic mass is 127. The van der Waals surface area contributed by atoms with Crippen molar-refractivity contribution in [1.29, 1.82) is 0 Å². The number of nitrogens with one attached hydrogen (secondary N) is 1. The van der Waals surface area contributed by atoms with Crippen molar-refractivity contribution in [2.45, 2.75) is 6.92 Å². The summed E-state index contributed by atoms with van der Waals surface area (Å²) in [5.41, 5.74) is 3.57. The number of hydrazone groups is 1. The minimum Gasteiger partial charge on any atom is -0.496 e. The van der Waals surface area contributed by atoms with Gasteiger partial charge in [-0.15, -0.1) is 0 Å². The summed E-state index contributed by atoms with van der Waals surface area (Å²) in [5, 5.41) is 3.96. The van der Waals surface area contributed by atoms with Gasteiger partial charge in [-0.2, -0.15) is 5.10 Å². The van der Waals surface area contributed by atoms with Crippen LogP contribution in [0.15, 0.2) is 41.5 Å². The molecule has 29 heavy (non-hydrogen) atoms. The fourth-order valence-corrected chi connectivity index (χ4v) is 2.81. The van der Waals surface area contributed by atoms with Gasteiger partial charge >= 0.3 is 5.97 Å². The number of ether oxygens (including phenoxy) is 4. The molecule has 0 aromatic heterocycles. The molecule has 0 unspecified atom stereocenters. The number of amides is 1. The Morgan fingerprint density at radius 1 is 1.07 bits per heavy atom. The van der Waals surface area contributed by atoms with Crippen LogP contribution in [-0.4, -0.2) is 45.5 Å². The summed E-state index contributed by atoms with van der Waals surface area (Å²) in [4.78, 5) is 23.6. The van der Waals surface area contributed by atoms with Crippen LogP contribution >= 0.6 is 22.6 Å². The molecule has 0 atom stereocenters. The van der Waals surface area contributed by atoms with Crippen LogP contribution in [0.25, 0.3) is 0 Å². The molecule has 154 valence electrons. The number of benzene rings is 2. The van der Waals surface area contributed by atoms with Gasteiger partial charge in [0, 0.05) is 5.56 Å². The summed E-state index contributed by atoms with van der Waals surface area (Å²) in [6, 6.07) is 10.2. The Morgan fingerprint density at radius 3 is 2.52 bits per heavy atom. The molecular formula is C20H21IN2O6. The third-order valence-electron chi connectivity index (χ3n) is 3.63. The maximum atomic E-state index is 12.2. The number of halogens is 1. The summed E-state index contributed by atoms with van der Waals surface area (Å²) in [6.45, 7) is 1.79. The van der Waals surface area contributed by atoms with Crippen molar-refractivity contribution in [1.82, 2.24) is 5.43 Å². The largest absolute Gasteiger partial charge is 0.496 e. The van der Waals surface area contributed by atoms with Gasteiger partial charge in [0.2, 0.25) is 0 Å². The standard InChI is InChI=1S/C20H21IN2O6/c1-4-28-19(24)12-29-16-8-5-13(9-18(16)27-3)11-22-23-20(25)14-6-7-15(21)17(10-14)26-2/h5-11H,4,12H2,1-3H3,(H,23,25)/b22-11-. The van der Waals surface area contributed by atoms with Crippen LogP contribution in [-0.2, 0) is 9.53 Å². The van der Waals surface area contributed by atoms with Crippen molar-refractivity contribution in [3.8, 4) is 17.2 Å². The van der Waals surface area contributed by atoms with E-state index in [1.54, 1.807) is 50.4 Å². The second-order valence-electron chi connectivity index (χ2n) is 5.55. The Labute approximate surface area is 182 Å². The molecule has 0 saturated carbocycles. The van der Waals surface area contributed by atoms with Crippen LogP contribution in [0, 0.1) is 3.57 Å². The fraction of sp³-hybridized carbons (Fsp3) is 0.250. The van der Waals surface area contributed by atoms with Crippen LogP contribution in [0.2, 0.25) is 0 Å². The summed E-state index contributed by atoms with van der Waals surface area (Å²) in [6.07, 6.45) is 1.47. The molecule has 9 heteroatoms. The first kappa shape index (κ1) is 22.5. The Morgan fingerprint density at radius 2 is 1.83 bits per heavy atom. The van der Waals surface area contributed by atoms with E-state index in [-0.39, 0.29) is 19.1 Å². The summed E-state index contributed by atoms with van der Waals surface area (Å²) in [5.74, 6) is 0.609. The Bertz CT molecular complexity index is 901. The molecule has 1 N–H and O–H groups in total. The van der Waals surface area contributed by atoms with Gasteiger partial charge in [0.25, 0.3) is 5.91 Å². The number of methoxy groups -OCH3 is 2. The summed E-state index contributed by atoms with van der Waals surface area (Å²) < 4.78 is 21.6. The topological polar surface area (TPSA) is 95.5 Å². The zero-order valence-electron chi connectivity index (χ0n) is 16.2. The van der Waals surface area contributed by atoms with Crippen LogP contribution in [0.1, 0.15) is 22.8 Å². The highest BCUT2D eigenvalue weighted by Crippen LogP contribution is 2.27. The van der Waals surface area contributed by atoms with Crippen LogP contribution in [0.5, 0.6) is 17.2 Å². The van der Waals surface area contributed by atoms with Crippen LogP contribution in [0.4, 0.5) is 0 Å². The summed E-state index contributed by atoms with van der Waals surface area (Å²) in [7, 11) is 3.03. The molecule has 0 saturated heterocycles. The normalized spacial score (nSPS) is 10.5. The third-order valence-corrected chi connectivity index (χ3v) is 4.52. The monoisotopic (exact) mass is 512 g/mol. The SMILES string of the molecule is CCOC(=O)COc1ccc(/C=N\NC(=O)c2ccc(I)c(OC)c2)cc1OC. The van der Waals surface area contributed by atoms with E-state index in [2.05, 4.69) is 33.1 Å². The van der Waals surface area contributed by atoms with E-state index in [9.17, 15) is 9.59 Å². The Balaban J connectivity index is 2.01. The third kappa shape index (κ3) is 6.63. The molecule has 0 heterocycles. The Kier molecular flexibility index (Phi) is 8.71. The highest BCUT2D eigenvalue weighted by Gasteiger charge is 2.10. The fourth-order valence-electron chi connectivity index (χ4n) is 2.25. The minimum absolute atomic E-state index is 0.215. The molecule has 2 aromatic carbocycles. The molecule has 1 amide bonds. The number of rotatable bonds is 9. The molecule has 0 fully saturated rings. The summed E-state index contributed by atoms with van der Waals surface area (Å²) >= 11 is 2.13. The highest BCUT2D eigenvalue weighted by molar-refractivity contribution is 14.1. The number of hydrogen-bond donors (Lipinski definition) is 1. The first-order chi connectivity index (χ1) is 14.0. The minimum atomic E-state index is -0.463. The lowest BCUT2D eigenvalue weighted by Gasteiger charge is -2.10. The van der Waals surface area contributed by atoms with E-state index >= 15 is 0 Å². The quantitative estimate of drug-likeness (QED) is 0.240. The predicted molar refractivity (Wildman–Crippen MR) is 116 cm³/mol. The van der Waals surface area contributed by atoms with E-state index in [1.165, 1.54) is 13.3 Å². The molecule has 2 rings (SSSR count). The van der Waals surface area contributed by atoms with Crippen LogP contribution < -0.4 is 19.6 Å². The van der Waals surface area contributed by atoms with E-state index in [1.807, 2.05) is 0 Å². The van der Waals surface area contributed by atoms with Crippen molar-refractivity contribution < 1.29 is 28.5 Å².